The largest absolute Gasteiger partial charge is 0.427 e. The first kappa shape index (κ1) is 11.0. The summed E-state index contributed by atoms with van der Waals surface area (Å²) in [6.07, 6.45) is 1.29. The van der Waals surface area contributed by atoms with Crippen LogP contribution in [0.2, 0.25) is 0 Å². The Morgan fingerprint density at radius 3 is 2.62 bits per heavy atom. The van der Waals surface area contributed by atoms with Crippen LogP contribution in [-0.4, -0.2) is 18.4 Å². The van der Waals surface area contributed by atoms with E-state index in [1.165, 1.54) is 17.5 Å². The minimum absolute atomic E-state index is 0.121. The van der Waals surface area contributed by atoms with Crippen molar-refractivity contribution in [1.82, 2.24) is 4.73 Å². The van der Waals surface area contributed by atoms with Gasteiger partial charge in [-0.3, -0.25) is 0 Å². The molecule has 4 nitrogen and oxygen atoms in total. The van der Waals surface area contributed by atoms with Crippen LogP contribution in [0.15, 0.2) is 29.8 Å². The molecular weight excluding hydrogens is 246 g/mol. The van der Waals surface area contributed by atoms with Gasteiger partial charge in [0.15, 0.2) is 0 Å². The summed E-state index contributed by atoms with van der Waals surface area (Å²) < 4.78 is 22.6. The molecule has 0 radical (unpaired) electrons. The van der Waals surface area contributed by atoms with Gasteiger partial charge < -0.3 is 5.21 Å². The number of hydrogen-bond acceptors (Lipinski definition) is 4. The number of rotatable bonds is 1. The molecule has 84 valence electrons. The third-order valence-electron chi connectivity index (χ3n) is 2.24. The number of thiophene rings is 1. The maximum atomic E-state index is 11.1. The van der Waals surface area contributed by atoms with E-state index in [1.54, 1.807) is 12.1 Å². The molecule has 1 N–H and O–H groups in total. The van der Waals surface area contributed by atoms with Crippen molar-refractivity contribution in [3.63, 3.8) is 0 Å². The molecule has 0 fully saturated rings. The van der Waals surface area contributed by atoms with E-state index < -0.39 is 10.3 Å². The minimum atomic E-state index is -2.48. The van der Waals surface area contributed by atoms with E-state index in [1.807, 2.05) is 18.4 Å². The van der Waals surface area contributed by atoms with Gasteiger partial charge in [-0.15, -0.1) is 11.3 Å². The minimum Gasteiger partial charge on any atom is -0.427 e. The summed E-state index contributed by atoms with van der Waals surface area (Å²) in [5.74, 6) is 0. The third-order valence-corrected chi connectivity index (χ3v) is 3.80. The van der Waals surface area contributed by atoms with Crippen LogP contribution in [-0.2, 0) is 10.3 Å². The second kappa shape index (κ2) is 4.15. The number of aryl methyl sites for hydroxylation is 1. The molecule has 0 saturated heterocycles. The molecule has 16 heavy (non-hydrogen) atoms. The van der Waals surface area contributed by atoms with Gasteiger partial charge >= 0.3 is 0 Å². The first-order valence-corrected chi connectivity index (χ1v) is 6.44. The van der Waals surface area contributed by atoms with Gasteiger partial charge in [-0.2, -0.15) is 13.1 Å². The van der Waals surface area contributed by atoms with Crippen molar-refractivity contribution in [3.8, 4) is 11.1 Å². The van der Waals surface area contributed by atoms with Crippen molar-refractivity contribution in [2.45, 2.75) is 6.92 Å². The summed E-state index contributed by atoms with van der Waals surface area (Å²) in [5.41, 5.74) is 1.34. The van der Waals surface area contributed by atoms with Crippen LogP contribution in [0.4, 0.5) is 0 Å². The van der Waals surface area contributed by atoms with E-state index in [0.29, 0.717) is 10.3 Å². The fourth-order valence-corrected chi connectivity index (χ4v) is 2.80. The lowest BCUT2D eigenvalue weighted by molar-refractivity contribution is 0.180. The Hall–Kier alpha value is -1.53. The van der Waals surface area contributed by atoms with E-state index in [9.17, 15) is 13.6 Å². The third kappa shape index (κ3) is 1.77. The summed E-state index contributed by atoms with van der Waals surface area (Å²) in [6.45, 7) is 1.91. The normalized spacial score (nSPS) is 10.3. The summed E-state index contributed by atoms with van der Waals surface area (Å²) in [6, 6.07) is 5.11. The number of aromatic nitrogens is 1. The highest BCUT2D eigenvalue weighted by Crippen LogP contribution is 2.27. The first-order valence-electron chi connectivity index (χ1n) is 4.49. The lowest BCUT2D eigenvalue weighted by Crippen LogP contribution is -1.97. The van der Waals surface area contributed by atoms with Gasteiger partial charge in [0.2, 0.25) is 14.9 Å². The van der Waals surface area contributed by atoms with E-state index in [-0.39, 0.29) is 4.64 Å². The van der Waals surface area contributed by atoms with Crippen LogP contribution >= 0.6 is 11.3 Å². The molecule has 0 saturated carbocycles. The van der Waals surface area contributed by atoms with Crippen molar-refractivity contribution in [3.05, 3.63) is 39.3 Å². The molecule has 2 aromatic heterocycles. The number of nitrogens with zero attached hydrogens (tertiary/aromatic N) is 1. The van der Waals surface area contributed by atoms with Gasteiger partial charge in [0.25, 0.3) is 0 Å². The van der Waals surface area contributed by atoms with Crippen LogP contribution in [0.25, 0.3) is 11.1 Å². The van der Waals surface area contributed by atoms with Gasteiger partial charge in [-0.1, -0.05) is 0 Å². The van der Waals surface area contributed by atoms with Crippen LogP contribution in [0.3, 0.4) is 0 Å². The Labute approximate surface area is 97.5 Å². The highest BCUT2D eigenvalue weighted by Gasteiger charge is 2.08. The zero-order valence-corrected chi connectivity index (χ0v) is 10.0. The monoisotopic (exact) mass is 255 g/mol. The average Bonchev–Trinajstić information content (AvgIpc) is 2.63. The highest BCUT2D eigenvalue weighted by atomic mass is 32.2. The van der Waals surface area contributed by atoms with Crippen molar-refractivity contribution < 1.29 is 13.6 Å². The molecule has 0 aliphatic rings. The van der Waals surface area contributed by atoms with E-state index in [2.05, 4.69) is 0 Å². The topological polar surface area (TPSA) is 59.3 Å². The number of hydrogen-bond donors (Lipinski definition) is 1. The molecule has 2 heterocycles. The average molecular weight is 255 g/mol. The van der Waals surface area contributed by atoms with E-state index >= 15 is 0 Å². The zero-order valence-electron chi connectivity index (χ0n) is 8.41. The molecule has 0 atom stereocenters. The Morgan fingerprint density at radius 2 is 2.06 bits per heavy atom. The van der Waals surface area contributed by atoms with Crippen molar-refractivity contribution in [2.24, 2.45) is 0 Å². The smallest absolute Gasteiger partial charge is 0.242 e. The molecule has 2 aromatic rings. The summed E-state index contributed by atoms with van der Waals surface area (Å²) >= 11 is 1.53. The second-order valence-electron chi connectivity index (χ2n) is 3.20. The second-order valence-corrected chi connectivity index (χ2v) is 5.17. The lowest BCUT2D eigenvalue weighted by Gasteiger charge is -2.02. The molecule has 0 spiro atoms. The molecular formula is C10H9NO3S2. The van der Waals surface area contributed by atoms with Gasteiger partial charge in [0.1, 0.15) is 0 Å². The van der Waals surface area contributed by atoms with Crippen molar-refractivity contribution in [1.29, 1.82) is 0 Å². The molecule has 0 bridgehead atoms. The maximum absolute atomic E-state index is 11.1. The van der Waals surface area contributed by atoms with Gasteiger partial charge in [-0.05, 0) is 36.1 Å². The van der Waals surface area contributed by atoms with Crippen LogP contribution in [0.1, 0.15) is 4.88 Å². The van der Waals surface area contributed by atoms with Crippen LogP contribution in [0, 0.1) is 11.6 Å². The Morgan fingerprint density at radius 1 is 1.31 bits per heavy atom. The quantitative estimate of drug-likeness (QED) is 0.627. The lowest BCUT2D eigenvalue weighted by atomic mass is 10.1. The van der Waals surface area contributed by atoms with Crippen LogP contribution < -0.4 is 0 Å². The molecule has 0 aliphatic heterocycles. The fraction of sp³-hybridized carbons (Fsp3) is 0.100. The van der Waals surface area contributed by atoms with Crippen molar-refractivity contribution in [2.75, 3.05) is 0 Å². The van der Waals surface area contributed by atoms with E-state index in [0.717, 1.165) is 10.4 Å². The Balaban J connectivity index is 2.94. The summed E-state index contributed by atoms with van der Waals surface area (Å²) in [4.78, 5) is 1.01. The molecule has 0 aromatic carbocycles. The molecule has 0 unspecified atom stereocenters. The standard InChI is InChI=1S/C10H9NO3S2/c1-7-8(4-6-15-7)9-3-2-5-11(12)10(9)16(13)14/h2-6,12H,1H3. The maximum Gasteiger partial charge on any atom is 0.242 e. The SMILES string of the molecule is Cc1sccc1-c1cccn(O)c1=S(=O)=O. The Kier molecular flexibility index (Phi) is 2.84. The summed E-state index contributed by atoms with van der Waals surface area (Å²) in [7, 11) is -2.48. The highest BCUT2D eigenvalue weighted by molar-refractivity contribution is 7.63. The molecule has 6 heteroatoms. The Bertz CT molecular complexity index is 687. The molecule has 0 aliphatic carbocycles. The van der Waals surface area contributed by atoms with E-state index in [4.69, 9.17) is 0 Å². The molecule has 2 rings (SSSR count). The van der Waals surface area contributed by atoms with Crippen molar-refractivity contribution >= 4 is 21.6 Å². The predicted octanol–water partition coefficient (Wildman–Crippen LogP) is 2.17. The molecule has 0 amide bonds. The van der Waals surface area contributed by atoms with Gasteiger partial charge in [-0.25, -0.2) is 0 Å². The fourth-order valence-electron chi connectivity index (χ4n) is 1.52. The first-order chi connectivity index (χ1) is 7.61. The van der Waals surface area contributed by atoms with Gasteiger partial charge in [0, 0.05) is 16.6 Å². The summed E-state index contributed by atoms with van der Waals surface area (Å²) in [5, 5.41) is 11.4. The number of pyridine rings is 1. The predicted molar refractivity (Wildman–Crippen MR) is 61.8 cm³/mol. The zero-order chi connectivity index (χ0) is 11.7. The van der Waals surface area contributed by atoms with Gasteiger partial charge in [0.05, 0.1) is 0 Å². The van der Waals surface area contributed by atoms with Crippen LogP contribution in [0.5, 0.6) is 0 Å².